The van der Waals surface area contributed by atoms with Gasteiger partial charge in [0.25, 0.3) is 0 Å². The number of rotatable bonds is 10. The number of ketones is 1. The number of hydrogen-bond acceptors (Lipinski definition) is 3. The zero-order valence-corrected chi connectivity index (χ0v) is 10.6. The molecule has 0 heterocycles. The lowest BCUT2D eigenvalue weighted by Crippen LogP contribution is -2.10. The highest BCUT2D eigenvalue weighted by atomic mass is 16.5. The third-order valence-corrected chi connectivity index (χ3v) is 2.42. The van der Waals surface area contributed by atoms with E-state index >= 15 is 0 Å². The minimum Gasteiger partial charge on any atom is -0.458 e. The molecule has 0 saturated carbocycles. The van der Waals surface area contributed by atoms with E-state index in [1.54, 1.807) is 0 Å². The van der Waals surface area contributed by atoms with Gasteiger partial charge in [0.1, 0.15) is 6.61 Å². The molecule has 0 aromatic rings. The smallest absolute Gasteiger partial charge is 0.306 e. The van der Waals surface area contributed by atoms with E-state index in [0.717, 1.165) is 12.8 Å². The van der Waals surface area contributed by atoms with Crippen molar-refractivity contribution in [3.63, 3.8) is 0 Å². The topological polar surface area (TPSA) is 43.4 Å². The van der Waals surface area contributed by atoms with Crippen LogP contribution in [0.15, 0.2) is 0 Å². The van der Waals surface area contributed by atoms with Gasteiger partial charge in [-0.05, 0) is 13.3 Å². The Balaban J connectivity index is 3.18. The molecule has 0 aliphatic heterocycles. The van der Waals surface area contributed by atoms with Gasteiger partial charge >= 0.3 is 5.97 Å². The highest BCUT2D eigenvalue weighted by Crippen LogP contribution is 2.08. The number of esters is 1. The van der Waals surface area contributed by atoms with Gasteiger partial charge in [-0.15, -0.1) is 0 Å². The molecular weight excluding hydrogens is 204 g/mol. The van der Waals surface area contributed by atoms with Crippen molar-refractivity contribution in [1.82, 2.24) is 0 Å². The van der Waals surface area contributed by atoms with Crippen LogP contribution < -0.4 is 0 Å². The molecule has 3 heteroatoms. The van der Waals surface area contributed by atoms with Crippen LogP contribution >= 0.6 is 0 Å². The Morgan fingerprint density at radius 1 is 0.938 bits per heavy atom. The summed E-state index contributed by atoms with van der Waals surface area (Å²) in [6, 6.07) is 0. The van der Waals surface area contributed by atoms with Gasteiger partial charge in [-0.3, -0.25) is 9.59 Å². The summed E-state index contributed by atoms with van der Waals surface area (Å²) < 4.78 is 4.76. The maximum absolute atomic E-state index is 11.1. The summed E-state index contributed by atoms with van der Waals surface area (Å²) in [5.41, 5.74) is 0. The van der Waals surface area contributed by atoms with Gasteiger partial charge in [0.15, 0.2) is 5.78 Å². The molecule has 0 unspecified atom stereocenters. The predicted molar refractivity (Wildman–Crippen MR) is 64.3 cm³/mol. The zero-order chi connectivity index (χ0) is 12.2. The Bertz CT molecular complexity index is 199. The van der Waals surface area contributed by atoms with Crippen LogP contribution in [0.3, 0.4) is 0 Å². The Hall–Kier alpha value is -0.860. The Kier molecular flexibility index (Phi) is 10.1. The van der Waals surface area contributed by atoms with Gasteiger partial charge < -0.3 is 4.74 Å². The Morgan fingerprint density at radius 2 is 1.50 bits per heavy atom. The molecule has 0 N–H and O–H groups in total. The number of Topliss-reactive ketones (excluding diaryl/α,β-unsaturated/α-hetero) is 1. The van der Waals surface area contributed by atoms with Crippen LogP contribution in [-0.2, 0) is 14.3 Å². The second-order valence-corrected chi connectivity index (χ2v) is 4.23. The van der Waals surface area contributed by atoms with Gasteiger partial charge in [0.05, 0.1) is 0 Å². The first-order chi connectivity index (χ1) is 7.66. The van der Waals surface area contributed by atoms with Crippen molar-refractivity contribution < 1.29 is 14.3 Å². The quantitative estimate of drug-likeness (QED) is 0.426. The standard InChI is InChI=1S/C13H24O3/c1-3-4-5-6-7-8-9-10-13(15)16-11-12(2)14/h3-11H2,1-2H3. The van der Waals surface area contributed by atoms with E-state index in [0.29, 0.717) is 6.42 Å². The first kappa shape index (κ1) is 15.1. The van der Waals surface area contributed by atoms with Crippen LogP contribution in [0.25, 0.3) is 0 Å². The molecule has 94 valence electrons. The van der Waals surface area contributed by atoms with Crippen molar-refractivity contribution in [3.05, 3.63) is 0 Å². The summed E-state index contributed by atoms with van der Waals surface area (Å²) >= 11 is 0. The summed E-state index contributed by atoms with van der Waals surface area (Å²) in [7, 11) is 0. The van der Waals surface area contributed by atoms with Crippen molar-refractivity contribution in [2.45, 2.75) is 65.2 Å². The summed E-state index contributed by atoms with van der Waals surface area (Å²) in [5, 5.41) is 0. The SMILES string of the molecule is CCCCCCCCCC(=O)OCC(C)=O. The van der Waals surface area contributed by atoms with Crippen molar-refractivity contribution in [2.75, 3.05) is 6.61 Å². The molecule has 0 aliphatic carbocycles. The lowest BCUT2D eigenvalue weighted by molar-refractivity contribution is -0.147. The molecule has 0 saturated heterocycles. The van der Waals surface area contributed by atoms with Crippen LogP contribution in [0.1, 0.15) is 65.2 Å². The number of unbranched alkanes of at least 4 members (excludes halogenated alkanes) is 6. The van der Waals surface area contributed by atoms with Crippen LogP contribution in [0, 0.1) is 0 Å². The predicted octanol–water partition coefficient (Wildman–Crippen LogP) is 3.26. The molecule has 0 spiro atoms. The fraction of sp³-hybridized carbons (Fsp3) is 0.846. The van der Waals surface area contributed by atoms with Crippen LogP contribution in [0.4, 0.5) is 0 Å². The van der Waals surface area contributed by atoms with E-state index < -0.39 is 0 Å². The average Bonchev–Trinajstić information content (AvgIpc) is 2.25. The average molecular weight is 228 g/mol. The first-order valence-electron chi connectivity index (χ1n) is 6.32. The van der Waals surface area contributed by atoms with Crippen molar-refractivity contribution in [1.29, 1.82) is 0 Å². The molecule has 0 amide bonds. The molecule has 0 radical (unpaired) electrons. The minimum atomic E-state index is -0.247. The van der Waals surface area contributed by atoms with E-state index in [1.165, 1.54) is 39.0 Å². The van der Waals surface area contributed by atoms with Crippen LogP contribution in [0.5, 0.6) is 0 Å². The fourth-order valence-corrected chi connectivity index (χ4v) is 1.48. The Labute approximate surface area is 98.6 Å². The number of ether oxygens (including phenoxy) is 1. The minimum absolute atomic E-state index is 0.0741. The molecule has 0 rings (SSSR count). The zero-order valence-electron chi connectivity index (χ0n) is 10.6. The first-order valence-corrected chi connectivity index (χ1v) is 6.32. The largest absolute Gasteiger partial charge is 0.458 e. The molecular formula is C13H24O3. The number of carbonyl (C=O) groups excluding carboxylic acids is 2. The van der Waals surface area contributed by atoms with Crippen molar-refractivity contribution in [3.8, 4) is 0 Å². The molecule has 0 aromatic heterocycles. The van der Waals surface area contributed by atoms with Crippen LogP contribution in [-0.4, -0.2) is 18.4 Å². The number of carbonyl (C=O) groups is 2. The van der Waals surface area contributed by atoms with Gasteiger partial charge in [-0.2, -0.15) is 0 Å². The van der Waals surface area contributed by atoms with Gasteiger partial charge in [0, 0.05) is 6.42 Å². The molecule has 0 bridgehead atoms. The van der Waals surface area contributed by atoms with E-state index in [-0.39, 0.29) is 18.4 Å². The van der Waals surface area contributed by atoms with E-state index in [9.17, 15) is 9.59 Å². The summed E-state index contributed by atoms with van der Waals surface area (Å²) in [6.07, 6.45) is 8.72. The summed E-state index contributed by atoms with van der Waals surface area (Å²) in [5.74, 6) is -0.350. The second kappa shape index (κ2) is 10.7. The van der Waals surface area contributed by atoms with E-state index in [1.807, 2.05) is 0 Å². The monoisotopic (exact) mass is 228 g/mol. The highest BCUT2D eigenvalue weighted by molar-refractivity contribution is 5.80. The molecule has 0 aliphatic rings. The van der Waals surface area contributed by atoms with Gasteiger partial charge in [-0.25, -0.2) is 0 Å². The van der Waals surface area contributed by atoms with Crippen LogP contribution in [0.2, 0.25) is 0 Å². The Morgan fingerprint density at radius 3 is 2.06 bits per heavy atom. The van der Waals surface area contributed by atoms with Gasteiger partial charge in [0.2, 0.25) is 0 Å². The molecule has 0 atom stereocenters. The maximum Gasteiger partial charge on any atom is 0.306 e. The molecule has 3 nitrogen and oxygen atoms in total. The third-order valence-electron chi connectivity index (χ3n) is 2.42. The van der Waals surface area contributed by atoms with E-state index in [2.05, 4.69) is 6.92 Å². The number of hydrogen-bond donors (Lipinski definition) is 0. The normalized spacial score (nSPS) is 10.1. The second-order valence-electron chi connectivity index (χ2n) is 4.23. The molecule has 0 fully saturated rings. The highest BCUT2D eigenvalue weighted by Gasteiger charge is 2.03. The fourth-order valence-electron chi connectivity index (χ4n) is 1.48. The molecule has 16 heavy (non-hydrogen) atoms. The third kappa shape index (κ3) is 11.2. The van der Waals surface area contributed by atoms with Crippen molar-refractivity contribution in [2.24, 2.45) is 0 Å². The maximum atomic E-state index is 11.1. The van der Waals surface area contributed by atoms with Gasteiger partial charge in [-0.1, -0.05) is 45.4 Å². The van der Waals surface area contributed by atoms with Crippen molar-refractivity contribution >= 4 is 11.8 Å². The summed E-state index contributed by atoms with van der Waals surface area (Å²) in [4.78, 5) is 21.7. The lowest BCUT2D eigenvalue weighted by atomic mass is 10.1. The lowest BCUT2D eigenvalue weighted by Gasteiger charge is -2.02. The molecule has 0 aromatic carbocycles. The van der Waals surface area contributed by atoms with E-state index in [4.69, 9.17) is 4.74 Å². The summed E-state index contributed by atoms with van der Waals surface area (Å²) in [6.45, 7) is 3.54.